The van der Waals surface area contributed by atoms with Crippen molar-refractivity contribution in [1.29, 1.82) is 0 Å². The Labute approximate surface area is 272 Å². The summed E-state index contributed by atoms with van der Waals surface area (Å²) in [5, 5.41) is 2.90. The van der Waals surface area contributed by atoms with Crippen LogP contribution in [0.5, 0.6) is 0 Å². The third-order valence-corrected chi connectivity index (χ3v) is 7.88. The van der Waals surface area contributed by atoms with Gasteiger partial charge in [0.15, 0.2) is 0 Å². The Morgan fingerprint density at radius 3 is 1.93 bits per heavy atom. The summed E-state index contributed by atoms with van der Waals surface area (Å²) in [4.78, 5) is 2.73. The summed E-state index contributed by atoms with van der Waals surface area (Å²) in [5.41, 5.74) is 7.89. The Morgan fingerprint density at radius 2 is 1.50 bits per heavy atom. The molecule has 1 heterocycles. The van der Waals surface area contributed by atoms with Crippen molar-refractivity contribution in [2.75, 3.05) is 20.1 Å². The average molecular weight is 605 g/mol. The van der Waals surface area contributed by atoms with E-state index in [-0.39, 0.29) is 5.82 Å². The van der Waals surface area contributed by atoms with Crippen LogP contribution in [0.4, 0.5) is 4.39 Å². The first-order chi connectivity index (χ1) is 21.1. The van der Waals surface area contributed by atoms with Crippen molar-refractivity contribution in [3.63, 3.8) is 0 Å². The predicted molar refractivity (Wildman–Crippen MR) is 196 cm³/mol. The highest BCUT2D eigenvalue weighted by Gasteiger charge is 2.18. The van der Waals surface area contributed by atoms with Crippen molar-refractivity contribution in [3.05, 3.63) is 119 Å². The Balaban J connectivity index is 0.000000565. The number of nitrogens with one attached hydrogen (secondary N) is 1. The smallest absolute Gasteiger partial charge is 0.127 e. The van der Waals surface area contributed by atoms with Crippen LogP contribution >= 0.6 is 0 Å². The molecule has 1 fully saturated rings. The van der Waals surface area contributed by atoms with Crippen molar-refractivity contribution < 1.29 is 4.39 Å². The van der Waals surface area contributed by atoms with Gasteiger partial charge in [0.2, 0.25) is 0 Å². The van der Waals surface area contributed by atoms with Crippen molar-refractivity contribution >= 4 is 0 Å². The monoisotopic (exact) mass is 605 g/mol. The van der Waals surface area contributed by atoms with Crippen molar-refractivity contribution in [1.82, 2.24) is 10.2 Å². The quantitative estimate of drug-likeness (QED) is 0.257. The molecule has 2 aromatic rings. The molecular weight excluding hydrogens is 539 g/mol. The summed E-state index contributed by atoms with van der Waals surface area (Å²) in [6, 6.07) is 14.8. The number of aryl methyl sites for hydroxylation is 3. The number of benzene rings is 2. The Bertz CT molecular complexity index is 1100. The van der Waals surface area contributed by atoms with E-state index in [0.29, 0.717) is 6.54 Å². The fourth-order valence-electron chi connectivity index (χ4n) is 4.90. The third-order valence-electron chi connectivity index (χ3n) is 7.88. The maximum Gasteiger partial charge on any atom is 0.127 e. The minimum absolute atomic E-state index is 0.126. The number of hydrogen-bond acceptors (Lipinski definition) is 2. The molecule has 0 saturated carbocycles. The van der Waals surface area contributed by atoms with Crippen LogP contribution in [0.25, 0.3) is 0 Å². The van der Waals surface area contributed by atoms with Gasteiger partial charge in [-0.3, -0.25) is 0 Å². The third kappa shape index (κ3) is 18.8. The van der Waals surface area contributed by atoms with Crippen molar-refractivity contribution in [2.45, 2.75) is 119 Å². The van der Waals surface area contributed by atoms with Gasteiger partial charge in [0.1, 0.15) is 5.82 Å². The van der Waals surface area contributed by atoms with Crippen LogP contribution in [0.1, 0.15) is 109 Å². The summed E-state index contributed by atoms with van der Waals surface area (Å²) in [7, 11) is 1.80. The van der Waals surface area contributed by atoms with Crippen LogP contribution in [-0.4, -0.2) is 31.1 Å². The van der Waals surface area contributed by atoms with Crippen LogP contribution < -0.4 is 5.32 Å². The molecule has 1 saturated heterocycles. The van der Waals surface area contributed by atoms with Crippen molar-refractivity contribution in [3.8, 4) is 0 Å². The van der Waals surface area contributed by atoms with E-state index in [1.165, 1.54) is 74.7 Å². The molecule has 0 aromatic heterocycles. The maximum atomic E-state index is 13.0. The van der Waals surface area contributed by atoms with Gasteiger partial charge < -0.3 is 10.2 Å². The van der Waals surface area contributed by atoms with Crippen molar-refractivity contribution in [2.24, 2.45) is 0 Å². The summed E-state index contributed by atoms with van der Waals surface area (Å²) >= 11 is 0. The molecule has 3 rings (SSSR count). The van der Waals surface area contributed by atoms with Gasteiger partial charge in [0.25, 0.3) is 0 Å². The highest BCUT2D eigenvalue weighted by molar-refractivity contribution is 5.37. The number of likely N-dealkylation sites (tertiary alicyclic amines) is 1. The van der Waals surface area contributed by atoms with E-state index in [0.717, 1.165) is 34.7 Å². The number of piperidine rings is 1. The van der Waals surface area contributed by atoms with Crippen LogP contribution in [0.2, 0.25) is 0 Å². The molecule has 2 aromatic carbocycles. The summed E-state index contributed by atoms with van der Waals surface area (Å²) in [6.45, 7) is 27.7. The lowest BCUT2D eigenvalue weighted by atomic mass is 10.0. The molecule has 0 aliphatic carbocycles. The molecule has 0 bridgehead atoms. The lowest BCUT2D eigenvalue weighted by Gasteiger charge is -2.34. The first kappa shape index (κ1) is 41.2. The SMILES string of the molecule is C=CC(=C/C)/C=C(/C)C(=C)C.CCCC(CCC)N1CCCCC1.CCc1ccc(C)cc1.CNCc1ccc(C)cc1F. The number of allylic oxidation sites excluding steroid dienone is 6. The van der Waals surface area contributed by atoms with Gasteiger partial charge >= 0.3 is 0 Å². The van der Waals surface area contributed by atoms with E-state index < -0.39 is 0 Å². The number of halogens is 1. The van der Waals surface area contributed by atoms with Crippen LogP contribution in [0.3, 0.4) is 0 Å². The van der Waals surface area contributed by atoms with E-state index >= 15 is 0 Å². The fraction of sp³-hybridized carbons (Fsp3) is 0.512. The average Bonchev–Trinajstić information content (AvgIpc) is 3.03. The lowest BCUT2D eigenvalue weighted by Crippen LogP contribution is -2.39. The number of nitrogens with zero attached hydrogens (tertiary/aromatic N) is 1. The molecule has 1 aliphatic rings. The zero-order valence-corrected chi connectivity index (χ0v) is 29.9. The molecule has 0 unspecified atom stereocenters. The standard InChI is InChI=1S/C12H25N.C11H16.C9H12FN.C9H12/c1-3-8-12(9-4-2)13-10-6-5-7-11-13;1-6-11(7-2)8-10(5)9(3)4;1-7-3-4-8(6-11-2)9(10)5-7;1-3-9-6-4-8(2)5-7-9/h12H,3-11H2,1-2H3;6-8H,1,3H2,2,4-5H3;3-5,11H,6H2,1-2H3;4-7H,3H2,1-2H3/b;10-8-,11-7-;;. The van der Waals surface area contributed by atoms with E-state index in [9.17, 15) is 4.39 Å². The van der Waals surface area contributed by atoms with Crippen LogP contribution in [0, 0.1) is 19.7 Å². The topological polar surface area (TPSA) is 15.3 Å². The molecule has 0 spiro atoms. The second-order valence-electron chi connectivity index (χ2n) is 11.9. The molecule has 0 amide bonds. The summed E-state index contributed by atoms with van der Waals surface area (Å²) in [5.74, 6) is -0.126. The van der Waals surface area contributed by atoms with E-state index in [2.05, 4.69) is 88.3 Å². The normalized spacial score (nSPS) is 13.5. The largest absolute Gasteiger partial charge is 0.316 e. The molecule has 2 nitrogen and oxygen atoms in total. The number of rotatable bonds is 11. The Morgan fingerprint density at radius 1 is 0.932 bits per heavy atom. The van der Waals surface area contributed by atoms with Gasteiger partial charge in [-0.25, -0.2) is 4.39 Å². The zero-order valence-electron chi connectivity index (χ0n) is 29.9. The molecule has 0 radical (unpaired) electrons. The Hall–Kier alpha value is -2.75. The second kappa shape index (κ2) is 25.6. The second-order valence-corrected chi connectivity index (χ2v) is 11.9. The van der Waals surface area contributed by atoms with Gasteiger partial charge in [0.05, 0.1) is 0 Å². The Kier molecular flexibility index (Phi) is 24.0. The van der Waals surface area contributed by atoms with Gasteiger partial charge in [-0.15, -0.1) is 0 Å². The lowest BCUT2D eigenvalue weighted by molar-refractivity contribution is 0.146. The van der Waals surface area contributed by atoms with Crippen LogP contribution in [-0.2, 0) is 13.0 Å². The summed E-state index contributed by atoms with van der Waals surface area (Å²) < 4.78 is 13.0. The summed E-state index contributed by atoms with van der Waals surface area (Å²) in [6.07, 6.45) is 16.9. The molecule has 0 atom stereocenters. The van der Waals surface area contributed by atoms with Gasteiger partial charge in [0, 0.05) is 18.2 Å². The first-order valence-electron chi connectivity index (χ1n) is 16.9. The molecule has 246 valence electrons. The van der Waals surface area contributed by atoms with Gasteiger partial charge in [-0.1, -0.05) is 119 Å². The number of hydrogen-bond donors (Lipinski definition) is 1. The van der Waals surface area contributed by atoms with Gasteiger partial charge in [-0.05, 0) is 115 Å². The zero-order chi connectivity index (χ0) is 33.3. The molecule has 3 heteroatoms. The molecule has 1 N–H and O–H groups in total. The predicted octanol–water partition coefficient (Wildman–Crippen LogP) is 11.5. The van der Waals surface area contributed by atoms with Gasteiger partial charge in [-0.2, -0.15) is 0 Å². The molecule has 1 aliphatic heterocycles. The van der Waals surface area contributed by atoms with E-state index in [4.69, 9.17) is 0 Å². The highest BCUT2D eigenvalue weighted by Crippen LogP contribution is 2.18. The first-order valence-corrected chi connectivity index (χ1v) is 16.9. The molecule has 44 heavy (non-hydrogen) atoms. The minimum atomic E-state index is -0.126. The maximum absolute atomic E-state index is 13.0. The molecular formula is C41H65FN2. The van der Waals surface area contributed by atoms with E-state index in [1.54, 1.807) is 19.2 Å². The van der Waals surface area contributed by atoms with E-state index in [1.807, 2.05) is 39.0 Å². The fourth-order valence-corrected chi connectivity index (χ4v) is 4.90. The highest BCUT2D eigenvalue weighted by atomic mass is 19.1. The minimum Gasteiger partial charge on any atom is -0.316 e. The van der Waals surface area contributed by atoms with Crippen LogP contribution in [0.15, 0.2) is 90.6 Å².